The third-order valence-corrected chi connectivity index (χ3v) is 4.43. The molecule has 4 amide bonds. The van der Waals surface area contributed by atoms with Crippen molar-refractivity contribution in [3.05, 3.63) is 66.2 Å². The highest BCUT2D eigenvalue weighted by Crippen LogP contribution is 2.33. The van der Waals surface area contributed by atoms with E-state index in [1.54, 1.807) is 24.3 Å². The zero-order valence-corrected chi connectivity index (χ0v) is 14.6. The molecule has 1 aliphatic rings. The van der Waals surface area contributed by atoms with Crippen LogP contribution >= 0.6 is 0 Å². The van der Waals surface area contributed by atoms with Gasteiger partial charge in [0, 0.05) is 5.69 Å². The van der Waals surface area contributed by atoms with E-state index in [0.29, 0.717) is 18.5 Å². The van der Waals surface area contributed by atoms with Gasteiger partial charge in [0.15, 0.2) is 0 Å². The summed E-state index contributed by atoms with van der Waals surface area (Å²) in [6, 6.07) is 17.5. The summed E-state index contributed by atoms with van der Waals surface area (Å²) in [5, 5.41) is 5.51. The SMILES string of the molecule is CCC[C@]1(c2ccccc2)NC(=O)N(CC(=O)Nc2ccccc2)C1=O. The number of rotatable bonds is 6. The molecule has 1 atom stereocenters. The van der Waals surface area contributed by atoms with Crippen molar-refractivity contribution in [2.45, 2.75) is 25.3 Å². The van der Waals surface area contributed by atoms with Crippen molar-refractivity contribution in [1.29, 1.82) is 0 Å². The molecule has 1 saturated heterocycles. The van der Waals surface area contributed by atoms with Crippen LogP contribution in [0.15, 0.2) is 60.7 Å². The molecule has 2 aromatic rings. The molecule has 2 aromatic carbocycles. The first kappa shape index (κ1) is 17.7. The molecule has 1 fully saturated rings. The van der Waals surface area contributed by atoms with Crippen LogP contribution in [-0.2, 0) is 15.1 Å². The largest absolute Gasteiger partial charge is 0.325 e. The summed E-state index contributed by atoms with van der Waals surface area (Å²) in [7, 11) is 0. The van der Waals surface area contributed by atoms with Gasteiger partial charge in [-0.3, -0.25) is 14.5 Å². The van der Waals surface area contributed by atoms with Crippen LogP contribution in [0, 0.1) is 0 Å². The predicted molar refractivity (Wildman–Crippen MR) is 98.3 cm³/mol. The fourth-order valence-electron chi connectivity index (χ4n) is 3.24. The maximum atomic E-state index is 13.1. The van der Waals surface area contributed by atoms with Crippen LogP contribution in [0.3, 0.4) is 0 Å². The quantitative estimate of drug-likeness (QED) is 0.786. The highest BCUT2D eigenvalue weighted by molar-refractivity contribution is 6.10. The van der Waals surface area contributed by atoms with Crippen LogP contribution in [0.1, 0.15) is 25.3 Å². The fourth-order valence-corrected chi connectivity index (χ4v) is 3.24. The van der Waals surface area contributed by atoms with E-state index in [9.17, 15) is 14.4 Å². The van der Waals surface area contributed by atoms with E-state index in [0.717, 1.165) is 10.5 Å². The average Bonchev–Trinajstić information content (AvgIpc) is 2.89. The smallest absolute Gasteiger partial charge is 0.325 e. The monoisotopic (exact) mass is 351 g/mol. The van der Waals surface area contributed by atoms with Gasteiger partial charge in [0.25, 0.3) is 5.91 Å². The topological polar surface area (TPSA) is 78.5 Å². The van der Waals surface area contributed by atoms with E-state index >= 15 is 0 Å². The number of amides is 4. The lowest BCUT2D eigenvalue weighted by Crippen LogP contribution is -2.44. The van der Waals surface area contributed by atoms with Crippen molar-refractivity contribution in [3.63, 3.8) is 0 Å². The lowest BCUT2D eigenvalue weighted by atomic mass is 9.85. The Balaban J connectivity index is 1.80. The van der Waals surface area contributed by atoms with Crippen molar-refractivity contribution in [1.82, 2.24) is 10.2 Å². The van der Waals surface area contributed by atoms with Crippen LogP contribution in [0.25, 0.3) is 0 Å². The number of imide groups is 1. The minimum Gasteiger partial charge on any atom is -0.325 e. The maximum Gasteiger partial charge on any atom is 0.325 e. The van der Waals surface area contributed by atoms with Crippen LogP contribution in [-0.4, -0.2) is 29.3 Å². The Kier molecular flexibility index (Phi) is 5.02. The molecule has 1 heterocycles. The van der Waals surface area contributed by atoms with Gasteiger partial charge in [0.2, 0.25) is 5.91 Å². The van der Waals surface area contributed by atoms with Gasteiger partial charge in [-0.2, -0.15) is 0 Å². The molecular weight excluding hydrogens is 330 g/mol. The third-order valence-electron chi connectivity index (χ3n) is 4.43. The number of hydrogen-bond donors (Lipinski definition) is 2. The molecule has 0 unspecified atom stereocenters. The Labute approximate surface area is 152 Å². The Morgan fingerprint density at radius 2 is 1.65 bits per heavy atom. The lowest BCUT2D eigenvalue weighted by Gasteiger charge is -2.26. The van der Waals surface area contributed by atoms with E-state index in [1.165, 1.54) is 0 Å². The molecule has 0 bridgehead atoms. The number of nitrogens with zero attached hydrogens (tertiary/aromatic N) is 1. The van der Waals surface area contributed by atoms with E-state index in [4.69, 9.17) is 0 Å². The van der Waals surface area contributed by atoms with Gasteiger partial charge in [0.05, 0.1) is 0 Å². The summed E-state index contributed by atoms with van der Waals surface area (Å²) < 4.78 is 0. The number of urea groups is 1. The second-order valence-corrected chi connectivity index (χ2v) is 6.26. The van der Waals surface area contributed by atoms with Crippen LogP contribution in [0.4, 0.5) is 10.5 Å². The summed E-state index contributed by atoms with van der Waals surface area (Å²) in [6.45, 7) is 1.63. The molecule has 0 spiro atoms. The van der Waals surface area contributed by atoms with Crippen LogP contribution < -0.4 is 10.6 Å². The van der Waals surface area contributed by atoms with Gasteiger partial charge in [-0.1, -0.05) is 61.9 Å². The molecule has 2 N–H and O–H groups in total. The van der Waals surface area contributed by atoms with Gasteiger partial charge >= 0.3 is 6.03 Å². The van der Waals surface area contributed by atoms with Gasteiger partial charge < -0.3 is 10.6 Å². The molecule has 26 heavy (non-hydrogen) atoms. The molecular formula is C20H21N3O3. The standard InChI is InChI=1S/C20H21N3O3/c1-2-13-20(15-9-5-3-6-10-15)18(25)23(19(26)22-20)14-17(24)21-16-11-7-4-8-12-16/h3-12H,2,13-14H2,1H3,(H,21,24)(H,22,26)/t20-/m1/s1. The van der Waals surface area contributed by atoms with Crippen molar-refractivity contribution in [2.75, 3.05) is 11.9 Å². The summed E-state index contributed by atoms with van der Waals surface area (Å²) in [6.07, 6.45) is 1.18. The predicted octanol–water partition coefficient (Wildman–Crippen LogP) is 2.87. The molecule has 1 aliphatic heterocycles. The average molecular weight is 351 g/mol. The summed E-state index contributed by atoms with van der Waals surface area (Å²) in [5.74, 6) is -0.807. The molecule has 134 valence electrons. The van der Waals surface area contributed by atoms with Gasteiger partial charge in [-0.25, -0.2) is 4.79 Å². The van der Waals surface area contributed by atoms with E-state index in [2.05, 4.69) is 10.6 Å². The number of carbonyl (C=O) groups is 3. The lowest BCUT2D eigenvalue weighted by molar-refractivity contribution is -0.134. The molecule has 0 aliphatic carbocycles. The molecule has 6 heteroatoms. The van der Waals surface area contributed by atoms with Gasteiger partial charge in [0.1, 0.15) is 12.1 Å². The normalized spacial score (nSPS) is 19.3. The number of hydrogen-bond acceptors (Lipinski definition) is 3. The molecule has 3 rings (SSSR count). The highest BCUT2D eigenvalue weighted by Gasteiger charge is 2.52. The number of anilines is 1. The minimum absolute atomic E-state index is 0.322. The van der Waals surface area contributed by atoms with Crippen LogP contribution in [0.2, 0.25) is 0 Å². The molecule has 0 radical (unpaired) electrons. The van der Waals surface area contributed by atoms with Crippen LogP contribution in [0.5, 0.6) is 0 Å². The maximum absolute atomic E-state index is 13.1. The first-order valence-corrected chi connectivity index (χ1v) is 8.61. The van der Waals surface area contributed by atoms with Crippen molar-refractivity contribution < 1.29 is 14.4 Å². The molecule has 0 saturated carbocycles. The fraction of sp³-hybridized carbons (Fsp3) is 0.250. The minimum atomic E-state index is -1.11. The highest BCUT2D eigenvalue weighted by atomic mass is 16.2. The van der Waals surface area contributed by atoms with Gasteiger partial charge in [-0.05, 0) is 24.1 Å². The van der Waals surface area contributed by atoms with Gasteiger partial charge in [-0.15, -0.1) is 0 Å². The van der Waals surface area contributed by atoms with Crippen molar-refractivity contribution in [2.24, 2.45) is 0 Å². The van der Waals surface area contributed by atoms with Crippen molar-refractivity contribution >= 4 is 23.5 Å². The Morgan fingerprint density at radius 1 is 1.04 bits per heavy atom. The number of carbonyl (C=O) groups excluding carboxylic acids is 3. The summed E-state index contributed by atoms with van der Waals surface area (Å²) in [4.78, 5) is 38.8. The first-order chi connectivity index (χ1) is 12.6. The second kappa shape index (κ2) is 7.39. The second-order valence-electron chi connectivity index (χ2n) is 6.26. The summed E-state index contributed by atoms with van der Waals surface area (Å²) >= 11 is 0. The number of para-hydroxylation sites is 1. The van der Waals surface area contributed by atoms with E-state index < -0.39 is 23.4 Å². The van der Waals surface area contributed by atoms with Crippen molar-refractivity contribution in [3.8, 4) is 0 Å². The Hall–Kier alpha value is -3.15. The van der Waals surface area contributed by atoms with E-state index in [1.807, 2.05) is 43.3 Å². The zero-order valence-electron chi connectivity index (χ0n) is 14.6. The van der Waals surface area contributed by atoms with E-state index in [-0.39, 0.29) is 6.54 Å². The molecule has 0 aromatic heterocycles. The zero-order chi connectivity index (χ0) is 18.6. The number of nitrogens with one attached hydrogen (secondary N) is 2. The number of benzene rings is 2. The Bertz CT molecular complexity index is 808. The summed E-state index contributed by atoms with van der Waals surface area (Å²) in [5.41, 5.74) is 0.235. The third kappa shape index (κ3) is 3.31. The molecule has 6 nitrogen and oxygen atoms in total. The first-order valence-electron chi connectivity index (χ1n) is 8.61. The Morgan fingerprint density at radius 3 is 2.27 bits per heavy atom.